The van der Waals surface area contributed by atoms with Crippen molar-refractivity contribution in [3.63, 3.8) is 0 Å². The number of carboxylic acid groups (broad SMARTS) is 1. The molecule has 0 aliphatic carbocycles. The fraction of sp³-hybridized carbons (Fsp3) is 0.286. The minimum Gasteiger partial charge on any atom is -0.476 e. The number of aliphatic hydroxyl groups excluding tert-OH is 1. The molecule has 0 aliphatic rings. The lowest BCUT2D eigenvalue weighted by Gasteiger charge is -2.29. The number of aromatic nitrogens is 1. The smallest absolute Gasteiger partial charge is 0.365 e. The number of hydrogen-bond acceptors (Lipinski definition) is 5. The van der Waals surface area contributed by atoms with Gasteiger partial charge in [0.2, 0.25) is 5.01 Å². The number of thiazole rings is 1. The van der Waals surface area contributed by atoms with Crippen molar-refractivity contribution in [2.45, 2.75) is 19.0 Å². The SMILES string of the molecule is CC(CO)(NCc1csc(C(=O)O)n1)c1ccccc1. The Morgan fingerprint density at radius 1 is 1.40 bits per heavy atom. The highest BCUT2D eigenvalue weighted by Gasteiger charge is 2.25. The van der Waals surface area contributed by atoms with Gasteiger partial charge >= 0.3 is 5.97 Å². The van der Waals surface area contributed by atoms with Crippen molar-refractivity contribution in [1.82, 2.24) is 10.3 Å². The molecule has 5 nitrogen and oxygen atoms in total. The second-order valence-corrected chi connectivity index (χ2v) is 5.52. The van der Waals surface area contributed by atoms with E-state index >= 15 is 0 Å². The van der Waals surface area contributed by atoms with Gasteiger partial charge in [-0.3, -0.25) is 5.32 Å². The number of rotatable bonds is 6. The number of benzene rings is 1. The maximum atomic E-state index is 10.8. The summed E-state index contributed by atoms with van der Waals surface area (Å²) in [4.78, 5) is 14.8. The van der Waals surface area contributed by atoms with Crippen LogP contribution in [0.3, 0.4) is 0 Å². The van der Waals surface area contributed by atoms with Gasteiger partial charge in [0.25, 0.3) is 0 Å². The van der Waals surface area contributed by atoms with Gasteiger partial charge in [0, 0.05) is 11.9 Å². The summed E-state index contributed by atoms with van der Waals surface area (Å²) in [5.74, 6) is -1.02. The molecule has 6 heteroatoms. The summed E-state index contributed by atoms with van der Waals surface area (Å²) in [5, 5.41) is 23.5. The lowest BCUT2D eigenvalue weighted by molar-refractivity contribution is 0.0696. The number of carboxylic acids is 1. The van der Waals surface area contributed by atoms with Crippen LogP contribution in [0.25, 0.3) is 0 Å². The van der Waals surface area contributed by atoms with E-state index in [1.807, 2.05) is 37.3 Å². The first-order chi connectivity index (χ1) is 9.55. The molecule has 0 aliphatic heterocycles. The van der Waals surface area contributed by atoms with Gasteiger partial charge in [-0.15, -0.1) is 11.3 Å². The first kappa shape index (κ1) is 14.6. The topological polar surface area (TPSA) is 82.5 Å². The number of nitrogens with zero attached hydrogens (tertiary/aromatic N) is 1. The van der Waals surface area contributed by atoms with Gasteiger partial charge in [0.15, 0.2) is 0 Å². The molecule has 0 radical (unpaired) electrons. The van der Waals surface area contributed by atoms with E-state index in [2.05, 4.69) is 10.3 Å². The molecular formula is C14H16N2O3S. The molecule has 0 bridgehead atoms. The van der Waals surface area contributed by atoms with Crippen LogP contribution in [0.4, 0.5) is 0 Å². The van der Waals surface area contributed by atoms with E-state index in [9.17, 15) is 9.90 Å². The Kier molecular flexibility index (Phi) is 4.49. The van der Waals surface area contributed by atoms with E-state index in [-0.39, 0.29) is 11.6 Å². The van der Waals surface area contributed by atoms with Crippen LogP contribution in [0.15, 0.2) is 35.7 Å². The normalized spacial score (nSPS) is 13.9. The van der Waals surface area contributed by atoms with Crippen LogP contribution >= 0.6 is 11.3 Å². The molecular weight excluding hydrogens is 276 g/mol. The van der Waals surface area contributed by atoms with E-state index in [4.69, 9.17) is 5.11 Å². The first-order valence-corrected chi connectivity index (χ1v) is 7.02. The van der Waals surface area contributed by atoms with Gasteiger partial charge in [0.1, 0.15) is 0 Å². The summed E-state index contributed by atoms with van der Waals surface area (Å²) in [6.45, 7) is 2.23. The van der Waals surface area contributed by atoms with E-state index in [1.165, 1.54) is 0 Å². The largest absolute Gasteiger partial charge is 0.476 e. The molecule has 0 saturated heterocycles. The van der Waals surface area contributed by atoms with Crippen molar-refractivity contribution in [3.05, 3.63) is 52.0 Å². The second-order valence-electron chi connectivity index (χ2n) is 4.66. The van der Waals surface area contributed by atoms with Gasteiger partial charge < -0.3 is 10.2 Å². The van der Waals surface area contributed by atoms with Crippen LogP contribution in [-0.4, -0.2) is 27.8 Å². The molecule has 1 heterocycles. The van der Waals surface area contributed by atoms with E-state index in [0.717, 1.165) is 16.9 Å². The molecule has 1 unspecified atom stereocenters. The van der Waals surface area contributed by atoms with Gasteiger partial charge in [-0.1, -0.05) is 30.3 Å². The highest BCUT2D eigenvalue weighted by atomic mass is 32.1. The molecule has 0 saturated carbocycles. The van der Waals surface area contributed by atoms with Gasteiger partial charge in [-0.2, -0.15) is 0 Å². The van der Waals surface area contributed by atoms with Crippen molar-refractivity contribution < 1.29 is 15.0 Å². The van der Waals surface area contributed by atoms with Gasteiger partial charge in [-0.05, 0) is 12.5 Å². The molecule has 1 aromatic heterocycles. The van der Waals surface area contributed by atoms with E-state index < -0.39 is 11.5 Å². The second kappa shape index (κ2) is 6.13. The van der Waals surface area contributed by atoms with Crippen molar-refractivity contribution in [2.75, 3.05) is 6.61 Å². The highest BCUT2D eigenvalue weighted by molar-refractivity contribution is 7.11. The number of hydrogen-bond donors (Lipinski definition) is 3. The van der Waals surface area contributed by atoms with E-state index in [0.29, 0.717) is 12.2 Å². The zero-order chi connectivity index (χ0) is 14.6. The summed E-state index contributed by atoms with van der Waals surface area (Å²) < 4.78 is 0. The van der Waals surface area contributed by atoms with Crippen LogP contribution in [0.1, 0.15) is 28.0 Å². The maximum Gasteiger partial charge on any atom is 0.365 e. The highest BCUT2D eigenvalue weighted by Crippen LogP contribution is 2.20. The lowest BCUT2D eigenvalue weighted by Crippen LogP contribution is -2.42. The van der Waals surface area contributed by atoms with Crippen molar-refractivity contribution in [3.8, 4) is 0 Å². The average Bonchev–Trinajstić information content (AvgIpc) is 2.95. The number of nitrogens with one attached hydrogen (secondary N) is 1. The molecule has 0 fully saturated rings. The molecule has 106 valence electrons. The van der Waals surface area contributed by atoms with Crippen LogP contribution < -0.4 is 5.32 Å². The average molecular weight is 292 g/mol. The van der Waals surface area contributed by atoms with Crippen LogP contribution in [0.5, 0.6) is 0 Å². The standard InChI is InChI=1S/C14H16N2O3S/c1-14(9-17,10-5-3-2-4-6-10)15-7-11-8-20-12(16-11)13(18)19/h2-6,8,15,17H,7,9H2,1H3,(H,18,19). The van der Waals surface area contributed by atoms with Crippen LogP contribution in [0, 0.1) is 0 Å². The van der Waals surface area contributed by atoms with Crippen LogP contribution in [-0.2, 0) is 12.1 Å². The Bertz CT molecular complexity index is 585. The predicted octanol–water partition coefficient (Wildman–Crippen LogP) is 1.84. The molecule has 2 rings (SSSR count). The number of aromatic carboxylic acids is 1. The third kappa shape index (κ3) is 3.22. The van der Waals surface area contributed by atoms with E-state index in [1.54, 1.807) is 5.38 Å². The monoisotopic (exact) mass is 292 g/mol. The van der Waals surface area contributed by atoms with Crippen molar-refractivity contribution in [2.24, 2.45) is 0 Å². The summed E-state index contributed by atoms with van der Waals surface area (Å²) >= 11 is 1.10. The van der Waals surface area contributed by atoms with Gasteiger partial charge in [0.05, 0.1) is 17.8 Å². The number of carbonyl (C=O) groups is 1. The first-order valence-electron chi connectivity index (χ1n) is 6.14. The Balaban J connectivity index is 2.08. The zero-order valence-corrected chi connectivity index (χ0v) is 11.9. The van der Waals surface area contributed by atoms with Crippen LogP contribution in [0.2, 0.25) is 0 Å². The fourth-order valence-electron chi connectivity index (χ4n) is 1.83. The van der Waals surface area contributed by atoms with Crippen molar-refractivity contribution >= 4 is 17.3 Å². The summed E-state index contributed by atoms with van der Waals surface area (Å²) in [6, 6.07) is 9.62. The summed E-state index contributed by atoms with van der Waals surface area (Å²) in [5.41, 5.74) is 1.04. The van der Waals surface area contributed by atoms with Crippen molar-refractivity contribution in [1.29, 1.82) is 0 Å². The third-order valence-corrected chi connectivity index (χ3v) is 4.00. The molecule has 3 N–H and O–H groups in total. The Morgan fingerprint density at radius 2 is 2.10 bits per heavy atom. The minimum absolute atomic E-state index is 0.0626. The van der Waals surface area contributed by atoms with Gasteiger partial charge in [-0.25, -0.2) is 9.78 Å². The predicted molar refractivity (Wildman–Crippen MR) is 76.8 cm³/mol. The summed E-state index contributed by atoms with van der Waals surface area (Å²) in [7, 11) is 0. The minimum atomic E-state index is -1.02. The Hall–Kier alpha value is -1.76. The maximum absolute atomic E-state index is 10.8. The zero-order valence-electron chi connectivity index (χ0n) is 11.0. The fourth-order valence-corrected chi connectivity index (χ4v) is 2.48. The molecule has 0 amide bonds. The molecule has 2 aromatic rings. The third-order valence-electron chi connectivity index (χ3n) is 3.12. The Morgan fingerprint density at radius 3 is 2.65 bits per heavy atom. The molecule has 0 spiro atoms. The number of aliphatic hydroxyl groups is 1. The lowest BCUT2D eigenvalue weighted by atomic mass is 9.93. The molecule has 20 heavy (non-hydrogen) atoms. The Labute approximate surface area is 120 Å². The molecule has 1 aromatic carbocycles. The molecule has 1 atom stereocenters. The quantitative estimate of drug-likeness (QED) is 0.757. The summed E-state index contributed by atoms with van der Waals surface area (Å²) in [6.07, 6.45) is 0.